The first-order valence-electron chi connectivity index (χ1n) is 8.85. The Morgan fingerprint density at radius 1 is 1.04 bits per heavy atom. The largest absolute Gasteiger partial charge is 0.243 e. The Morgan fingerprint density at radius 2 is 1.75 bits per heavy atom. The summed E-state index contributed by atoms with van der Waals surface area (Å²) in [7, 11) is -3.43. The molecule has 1 aromatic rings. The molecule has 24 heavy (non-hydrogen) atoms. The van der Waals surface area contributed by atoms with Crippen LogP contribution in [0, 0.1) is 6.92 Å². The standard InChI is InChI=1S/C20H31NO2S/c1-4-6-8-9-10-12-18-21(17-11-7-5-2)24(22,23)20-15-13-19(3)14-16-20/h4,10,12-16H,1,5-9,11,17-18H2,2-3H3/b12-10+. The summed E-state index contributed by atoms with van der Waals surface area (Å²) in [4.78, 5) is 0.379. The Bertz CT molecular complexity index is 603. The van der Waals surface area contributed by atoms with Crippen molar-refractivity contribution in [3.05, 3.63) is 54.6 Å². The SMILES string of the molecule is C=CCCC/C=C/CN(CCCCC)S(=O)(=O)c1ccc(C)cc1. The van der Waals surface area contributed by atoms with Crippen molar-refractivity contribution >= 4 is 10.0 Å². The highest BCUT2D eigenvalue weighted by Gasteiger charge is 2.22. The van der Waals surface area contributed by atoms with Crippen molar-refractivity contribution in [1.82, 2.24) is 4.31 Å². The fraction of sp³-hybridized carbons (Fsp3) is 0.500. The minimum absolute atomic E-state index is 0.379. The third-order valence-corrected chi connectivity index (χ3v) is 5.80. The smallest absolute Gasteiger partial charge is 0.207 e. The van der Waals surface area contributed by atoms with E-state index in [1.54, 1.807) is 16.4 Å². The Kier molecular flexibility index (Phi) is 9.65. The van der Waals surface area contributed by atoms with E-state index in [2.05, 4.69) is 19.6 Å². The van der Waals surface area contributed by atoms with E-state index in [9.17, 15) is 8.42 Å². The maximum atomic E-state index is 12.9. The number of hydrogen-bond acceptors (Lipinski definition) is 2. The lowest BCUT2D eigenvalue weighted by Gasteiger charge is -2.21. The first kappa shape index (κ1) is 20.7. The quantitative estimate of drug-likeness (QED) is 0.389. The third-order valence-electron chi connectivity index (χ3n) is 3.92. The normalized spacial score (nSPS) is 12.1. The Labute approximate surface area is 148 Å². The zero-order valence-corrected chi connectivity index (χ0v) is 15.9. The lowest BCUT2D eigenvalue weighted by molar-refractivity contribution is 0.428. The number of benzene rings is 1. The maximum Gasteiger partial charge on any atom is 0.243 e. The second kappa shape index (κ2) is 11.2. The molecule has 0 aliphatic carbocycles. The predicted molar refractivity (Wildman–Crippen MR) is 103 cm³/mol. The molecule has 4 heteroatoms. The minimum atomic E-state index is -3.43. The first-order chi connectivity index (χ1) is 11.5. The monoisotopic (exact) mass is 349 g/mol. The van der Waals surface area contributed by atoms with Gasteiger partial charge in [0.05, 0.1) is 4.90 Å². The van der Waals surface area contributed by atoms with Gasteiger partial charge in [0, 0.05) is 13.1 Å². The van der Waals surface area contributed by atoms with E-state index in [1.807, 2.05) is 31.2 Å². The fourth-order valence-corrected chi connectivity index (χ4v) is 3.83. The molecule has 1 rings (SSSR count). The molecule has 0 bridgehead atoms. The summed E-state index contributed by atoms with van der Waals surface area (Å²) in [6, 6.07) is 7.10. The second-order valence-electron chi connectivity index (χ2n) is 6.07. The highest BCUT2D eigenvalue weighted by atomic mass is 32.2. The van der Waals surface area contributed by atoms with Crippen LogP contribution in [0.5, 0.6) is 0 Å². The number of unbranched alkanes of at least 4 members (excludes halogenated alkanes) is 4. The van der Waals surface area contributed by atoms with Gasteiger partial charge in [-0.2, -0.15) is 4.31 Å². The van der Waals surface area contributed by atoms with Gasteiger partial charge in [-0.15, -0.1) is 6.58 Å². The number of allylic oxidation sites excluding steroid dienone is 2. The summed E-state index contributed by atoms with van der Waals surface area (Å²) in [6.07, 6.45) is 12.0. The molecule has 0 N–H and O–H groups in total. The lowest BCUT2D eigenvalue weighted by atomic mass is 10.2. The summed E-state index contributed by atoms with van der Waals surface area (Å²) < 4.78 is 27.4. The van der Waals surface area contributed by atoms with Gasteiger partial charge in [-0.25, -0.2) is 8.42 Å². The average Bonchev–Trinajstić information content (AvgIpc) is 2.56. The summed E-state index contributed by atoms with van der Waals surface area (Å²) in [5, 5.41) is 0. The molecular formula is C20H31NO2S. The van der Waals surface area contributed by atoms with Crippen LogP contribution in [0.15, 0.2) is 54.0 Å². The Hall–Kier alpha value is -1.39. The molecular weight excluding hydrogens is 318 g/mol. The van der Waals surface area contributed by atoms with Crippen molar-refractivity contribution in [3.8, 4) is 0 Å². The van der Waals surface area contributed by atoms with Crippen LogP contribution in [-0.2, 0) is 10.0 Å². The van der Waals surface area contributed by atoms with Crippen molar-refractivity contribution in [2.45, 2.75) is 57.3 Å². The van der Waals surface area contributed by atoms with Crippen LogP contribution in [0.1, 0.15) is 51.0 Å². The van der Waals surface area contributed by atoms with Crippen LogP contribution in [0.3, 0.4) is 0 Å². The van der Waals surface area contributed by atoms with Gasteiger partial charge in [0.25, 0.3) is 0 Å². The number of hydrogen-bond donors (Lipinski definition) is 0. The topological polar surface area (TPSA) is 37.4 Å². The molecule has 1 aromatic carbocycles. The van der Waals surface area contributed by atoms with Gasteiger partial charge in [0.2, 0.25) is 10.0 Å². The Morgan fingerprint density at radius 3 is 2.38 bits per heavy atom. The van der Waals surface area contributed by atoms with Crippen LogP contribution in [-0.4, -0.2) is 25.8 Å². The predicted octanol–water partition coefficient (Wildman–Crippen LogP) is 5.09. The van der Waals surface area contributed by atoms with Crippen LogP contribution in [0.25, 0.3) is 0 Å². The first-order valence-corrected chi connectivity index (χ1v) is 10.3. The van der Waals surface area contributed by atoms with E-state index in [-0.39, 0.29) is 0 Å². The summed E-state index contributed by atoms with van der Waals surface area (Å²) >= 11 is 0. The van der Waals surface area contributed by atoms with E-state index in [4.69, 9.17) is 0 Å². The molecule has 0 aliphatic heterocycles. The minimum Gasteiger partial charge on any atom is -0.207 e. The summed E-state index contributed by atoms with van der Waals surface area (Å²) in [5.41, 5.74) is 1.06. The summed E-state index contributed by atoms with van der Waals surface area (Å²) in [5.74, 6) is 0. The number of rotatable bonds is 12. The molecule has 0 spiro atoms. The van der Waals surface area contributed by atoms with E-state index < -0.39 is 10.0 Å². The van der Waals surface area contributed by atoms with E-state index in [0.29, 0.717) is 18.0 Å². The molecule has 0 unspecified atom stereocenters. The van der Waals surface area contributed by atoms with Gasteiger partial charge in [-0.1, -0.05) is 55.7 Å². The molecule has 134 valence electrons. The fourth-order valence-electron chi connectivity index (χ4n) is 2.40. The van der Waals surface area contributed by atoms with Crippen molar-refractivity contribution in [2.24, 2.45) is 0 Å². The van der Waals surface area contributed by atoms with Crippen LogP contribution in [0.4, 0.5) is 0 Å². The molecule has 0 saturated heterocycles. The van der Waals surface area contributed by atoms with Crippen molar-refractivity contribution in [1.29, 1.82) is 0 Å². The zero-order valence-electron chi connectivity index (χ0n) is 15.1. The van der Waals surface area contributed by atoms with E-state index >= 15 is 0 Å². The number of nitrogens with zero attached hydrogens (tertiary/aromatic N) is 1. The highest BCUT2D eigenvalue weighted by molar-refractivity contribution is 7.89. The molecule has 0 radical (unpaired) electrons. The van der Waals surface area contributed by atoms with Crippen LogP contribution >= 0.6 is 0 Å². The molecule has 0 amide bonds. The zero-order chi connectivity index (χ0) is 17.8. The van der Waals surface area contributed by atoms with Gasteiger partial charge in [0.1, 0.15) is 0 Å². The van der Waals surface area contributed by atoms with Crippen molar-refractivity contribution < 1.29 is 8.42 Å². The van der Waals surface area contributed by atoms with Gasteiger partial charge < -0.3 is 0 Å². The van der Waals surface area contributed by atoms with Crippen LogP contribution < -0.4 is 0 Å². The van der Waals surface area contributed by atoms with Crippen LogP contribution in [0.2, 0.25) is 0 Å². The summed E-state index contributed by atoms with van der Waals surface area (Å²) in [6.45, 7) is 8.80. The third kappa shape index (κ3) is 7.02. The molecule has 0 atom stereocenters. The van der Waals surface area contributed by atoms with E-state index in [1.165, 1.54) is 0 Å². The molecule has 0 aromatic heterocycles. The van der Waals surface area contributed by atoms with Gasteiger partial charge in [-0.3, -0.25) is 0 Å². The second-order valence-corrected chi connectivity index (χ2v) is 8.01. The van der Waals surface area contributed by atoms with Crippen molar-refractivity contribution in [2.75, 3.05) is 13.1 Å². The van der Waals surface area contributed by atoms with Gasteiger partial charge >= 0.3 is 0 Å². The number of sulfonamides is 1. The molecule has 0 heterocycles. The molecule has 3 nitrogen and oxygen atoms in total. The van der Waals surface area contributed by atoms with Gasteiger partial charge in [-0.05, 0) is 44.7 Å². The highest BCUT2D eigenvalue weighted by Crippen LogP contribution is 2.17. The lowest BCUT2D eigenvalue weighted by Crippen LogP contribution is -2.32. The van der Waals surface area contributed by atoms with Gasteiger partial charge in [0.15, 0.2) is 0 Å². The molecule has 0 fully saturated rings. The maximum absolute atomic E-state index is 12.9. The number of aryl methyl sites for hydroxylation is 1. The van der Waals surface area contributed by atoms with Crippen molar-refractivity contribution in [3.63, 3.8) is 0 Å². The molecule has 0 saturated carbocycles. The Balaban J connectivity index is 2.79. The molecule has 0 aliphatic rings. The van der Waals surface area contributed by atoms with E-state index in [0.717, 1.165) is 44.1 Å². The average molecular weight is 350 g/mol.